The van der Waals surface area contributed by atoms with E-state index in [0.29, 0.717) is 31.5 Å². The van der Waals surface area contributed by atoms with E-state index in [0.717, 1.165) is 56.0 Å². The standard InChI is InChI=1S/C25H35N3O3/c1-25(2,3)21-6-4-18(5-7-21)23-16-22(27-31-23)14-20-17-26-9-8-19(20)15-24(29)28-10-12-30-13-11-28/h4-7,16,19-20,26H,8-15,17H2,1-3H3/t19-,20+/m0/s1. The van der Waals surface area contributed by atoms with E-state index in [4.69, 9.17) is 9.26 Å². The number of morpholine rings is 1. The molecule has 2 atom stereocenters. The zero-order valence-electron chi connectivity index (χ0n) is 19.0. The molecule has 4 rings (SSSR count). The highest BCUT2D eigenvalue weighted by Gasteiger charge is 2.30. The molecule has 0 bridgehead atoms. The molecule has 1 N–H and O–H groups in total. The van der Waals surface area contributed by atoms with E-state index in [9.17, 15) is 4.79 Å². The molecule has 1 aromatic heterocycles. The third-order valence-corrected chi connectivity index (χ3v) is 6.63. The topological polar surface area (TPSA) is 67.6 Å². The molecule has 1 amide bonds. The van der Waals surface area contributed by atoms with Crippen LogP contribution < -0.4 is 5.32 Å². The number of piperidine rings is 1. The normalized spacial score (nSPS) is 22.5. The molecule has 31 heavy (non-hydrogen) atoms. The second-order valence-electron chi connectivity index (χ2n) is 9.92. The van der Waals surface area contributed by atoms with Gasteiger partial charge in [-0.3, -0.25) is 4.79 Å². The van der Waals surface area contributed by atoms with Crippen LogP contribution in [0.3, 0.4) is 0 Å². The maximum absolute atomic E-state index is 12.8. The lowest BCUT2D eigenvalue weighted by atomic mass is 9.81. The molecule has 2 aromatic rings. The van der Waals surface area contributed by atoms with Crippen LogP contribution in [0, 0.1) is 11.8 Å². The first kappa shape index (κ1) is 22.0. The SMILES string of the molecule is CC(C)(C)c1ccc(-c2cc(C[C@@H]3CNCC[C@H]3CC(=O)N3CCOCC3)no2)cc1. The summed E-state index contributed by atoms with van der Waals surface area (Å²) in [5.74, 6) is 1.84. The van der Waals surface area contributed by atoms with Gasteiger partial charge in [-0.05, 0) is 48.7 Å². The van der Waals surface area contributed by atoms with Gasteiger partial charge in [0.1, 0.15) is 0 Å². The Balaban J connectivity index is 1.39. The van der Waals surface area contributed by atoms with E-state index >= 15 is 0 Å². The molecule has 2 saturated heterocycles. The average molecular weight is 426 g/mol. The Bertz CT molecular complexity index is 863. The number of nitrogens with zero attached hydrogens (tertiary/aromatic N) is 2. The van der Waals surface area contributed by atoms with Crippen LogP contribution >= 0.6 is 0 Å². The Hall–Kier alpha value is -2.18. The van der Waals surface area contributed by atoms with Gasteiger partial charge >= 0.3 is 0 Å². The van der Waals surface area contributed by atoms with Crippen LogP contribution in [-0.4, -0.2) is 55.4 Å². The zero-order chi connectivity index (χ0) is 21.8. The number of hydrogen-bond acceptors (Lipinski definition) is 5. The summed E-state index contributed by atoms with van der Waals surface area (Å²) in [5.41, 5.74) is 3.45. The number of amides is 1. The summed E-state index contributed by atoms with van der Waals surface area (Å²) in [4.78, 5) is 14.7. The van der Waals surface area contributed by atoms with Gasteiger partial charge in [-0.2, -0.15) is 0 Å². The van der Waals surface area contributed by atoms with Crippen molar-refractivity contribution in [3.05, 3.63) is 41.6 Å². The summed E-state index contributed by atoms with van der Waals surface area (Å²) in [6, 6.07) is 10.6. The first-order valence-electron chi connectivity index (χ1n) is 11.5. The van der Waals surface area contributed by atoms with Crippen molar-refractivity contribution in [3.63, 3.8) is 0 Å². The van der Waals surface area contributed by atoms with Gasteiger partial charge in [0.05, 0.1) is 18.9 Å². The van der Waals surface area contributed by atoms with E-state index in [1.807, 2.05) is 4.90 Å². The third-order valence-electron chi connectivity index (χ3n) is 6.63. The lowest BCUT2D eigenvalue weighted by Gasteiger charge is -2.34. The fraction of sp³-hybridized carbons (Fsp3) is 0.600. The number of rotatable bonds is 5. The van der Waals surface area contributed by atoms with E-state index in [1.54, 1.807) is 0 Å². The number of hydrogen-bond donors (Lipinski definition) is 1. The molecular formula is C25H35N3O3. The lowest BCUT2D eigenvalue weighted by Crippen LogP contribution is -2.44. The van der Waals surface area contributed by atoms with Gasteiger partial charge in [0, 0.05) is 31.1 Å². The second-order valence-corrected chi connectivity index (χ2v) is 9.92. The maximum atomic E-state index is 12.8. The van der Waals surface area contributed by atoms with E-state index in [-0.39, 0.29) is 11.3 Å². The van der Waals surface area contributed by atoms with Gasteiger partial charge in [-0.25, -0.2) is 0 Å². The molecule has 2 aliphatic heterocycles. The van der Waals surface area contributed by atoms with Crippen LogP contribution in [0.25, 0.3) is 11.3 Å². The maximum Gasteiger partial charge on any atom is 0.223 e. The number of benzene rings is 1. The van der Waals surface area contributed by atoms with E-state index < -0.39 is 0 Å². The van der Waals surface area contributed by atoms with Crippen LogP contribution in [0.4, 0.5) is 0 Å². The van der Waals surface area contributed by atoms with Gasteiger partial charge in [-0.1, -0.05) is 50.2 Å². The van der Waals surface area contributed by atoms with Crippen molar-refractivity contribution >= 4 is 5.91 Å². The smallest absolute Gasteiger partial charge is 0.223 e. The fourth-order valence-electron chi connectivity index (χ4n) is 4.60. The molecule has 6 heteroatoms. The minimum absolute atomic E-state index is 0.132. The molecule has 0 spiro atoms. The Morgan fingerprint density at radius 1 is 1.16 bits per heavy atom. The Morgan fingerprint density at radius 2 is 1.90 bits per heavy atom. The summed E-state index contributed by atoms with van der Waals surface area (Å²) in [6.45, 7) is 11.3. The molecule has 0 aliphatic carbocycles. The summed E-state index contributed by atoms with van der Waals surface area (Å²) in [6.07, 6.45) is 2.47. The Labute approximate surface area is 185 Å². The largest absolute Gasteiger partial charge is 0.378 e. The highest BCUT2D eigenvalue weighted by Crippen LogP contribution is 2.30. The fourth-order valence-corrected chi connectivity index (χ4v) is 4.60. The van der Waals surface area contributed by atoms with Crippen molar-refractivity contribution in [3.8, 4) is 11.3 Å². The van der Waals surface area contributed by atoms with Crippen LogP contribution in [0.5, 0.6) is 0 Å². The quantitative estimate of drug-likeness (QED) is 0.792. The van der Waals surface area contributed by atoms with Crippen molar-refractivity contribution in [1.29, 1.82) is 0 Å². The molecule has 2 fully saturated rings. The number of ether oxygens (including phenoxy) is 1. The molecule has 1 aromatic carbocycles. The monoisotopic (exact) mass is 425 g/mol. The van der Waals surface area contributed by atoms with Crippen molar-refractivity contribution in [2.24, 2.45) is 11.8 Å². The van der Waals surface area contributed by atoms with Crippen LogP contribution in [0.2, 0.25) is 0 Å². The molecule has 0 unspecified atom stereocenters. The van der Waals surface area contributed by atoms with E-state index in [2.05, 4.69) is 61.6 Å². The molecule has 3 heterocycles. The van der Waals surface area contributed by atoms with Gasteiger partial charge in [0.15, 0.2) is 5.76 Å². The highest BCUT2D eigenvalue weighted by molar-refractivity contribution is 5.76. The Morgan fingerprint density at radius 3 is 2.61 bits per heavy atom. The predicted molar refractivity (Wildman–Crippen MR) is 121 cm³/mol. The molecule has 2 aliphatic rings. The van der Waals surface area contributed by atoms with Gasteiger partial charge < -0.3 is 19.5 Å². The first-order chi connectivity index (χ1) is 14.9. The number of carbonyl (C=O) groups excluding carboxylic acids is 1. The van der Waals surface area contributed by atoms with Crippen LogP contribution in [0.15, 0.2) is 34.9 Å². The van der Waals surface area contributed by atoms with Crippen molar-refractivity contribution in [1.82, 2.24) is 15.4 Å². The molecule has 0 radical (unpaired) electrons. The number of nitrogens with one attached hydrogen (secondary N) is 1. The van der Waals surface area contributed by atoms with Crippen molar-refractivity contribution in [2.75, 3.05) is 39.4 Å². The number of aromatic nitrogens is 1. The minimum Gasteiger partial charge on any atom is -0.378 e. The highest BCUT2D eigenvalue weighted by atomic mass is 16.5. The Kier molecular flexibility index (Phi) is 6.77. The lowest BCUT2D eigenvalue weighted by molar-refractivity contribution is -0.136. The second kappa shape index (κ2) is 9.53. The summed E-state index contributed by atoms with van der Waals surface area (Å²) < 4.78 is 11.0. The summed E-state index contributed by atoms with van der Waals surface area (Å²) >= 11 is 0. The van der Waals surface area contributed by atoms with Crippen LogP contribution in [-0.2, 0) is 21.4 Å². The zero-order valence-corrected chi connectivity index (χ0v) is 19.0. The van der Waals surface area contributed by atoms with Crippen molar-refractivity contribution in [2.45, 2.75) is 45.4 Å². The van der Waals surface area contributed by atoms with Gasteiger partial charge in [-0.15, -0.1) is 0 Å². The third kappa shape index (κ3) is 5.55. The minimum atomic E-state index is 0.132. The first-order valence-corrected chi connectivity index (χ1v) is 11.5. The van der Waals surface area contributed by atoms with Gasteiger partial charge in [0.25, 0.3) is 0 Å². The number of carbonyl (C=O) groups is 1. The summed E-state index contributed by atoms with van der Waals surface area (Å²) in [5, 5.41) is 7.84. The predicted octanol–water partition coefficient (Wildman–Crippen LogP) is 3.66. The molecule has 6 nitrogen and oxygen atoms in total. The van der Waals surface area contributed by atoms with E-state index in [1.165, 1.54) is 5.56 Å². The van der Waals surface area contributed by atoms with Crippen molar-refractivity contribution < 1.29 is 14.1 Å². The van der Waals surface area contributed by atoms with Crippen LogP contribution in [0.1, 0.15) is 44.9 Å². The molecule has 168 valence electrons. The summed E-state index contributed by atoms with van der Waals surface area (Å²) in [7, 11) is 0. The molecular weight excluding hydrogens is 390 g/mol. The van der Waals surface area contributed by atoms with Gasteiger partial charge in [0.2, 0.25) is 5.91 Å². The average Bonchev–Trinajstić information content (AvgIpc) is 3.24. The molecule has 0 saturated carbocycles.